The molecular weight excluding hydrogens is 190 g/mol. The Kier molecular flexibility index (Phi) is 5.05. The summed E-state index contributed by atoms with van der Waals surface area (Å²) in [4.78, 5) is 14.0. The second-order valence-corrected chi connectivity index (χ2v) is 4.48. The zero-order valence-corrected chi connectivity index (χ0v) is 10.0. The predicted molar refractivity (Wildman–Crippen MR) is 61.8 cm³/mol. The molecule has 1 aliphatic rings. The van der Waals surface area contributed by atoms with E-state index in [0.717, 1.165) is 32.6 Å². The number of nitrogens with zero attached hydrogens (tertiary/aromatic N) is 1. The highest BCUT2D eigenvalue weighted by molar-refractivity contribution is 5.81. The van der Waals surface area contributed by atoms with Crippen LogP contribution in [0.1, 0.15) is 27.2 Å². The highest BCUT2D eigenvalue weighted by Crippen LogP contribution is 2.03. The van der Waals surface area contributed by atoms with Crippen LogP contribution in [0.25, 0.3) is 0 Å². The smallest absolute Gasteiger partial charge is 0.237 e. The average molecular weight is 213 g/mol. The molecule has 1 amide bonds. The van der Waals surface area contributed by atoms with Gasteiger partial charge >= 0.3 is 0 Å². The van der Waals surface area contributed by atoms with Gasteiger partial charge in [0.1, 0.15) is 0 Å². The van der Waals surface area contributed by atoms with Gasteiger partial charge < -0.3 is 10.6 Å². The number of carbonyl (C=O) groups excluding carboxylic acids is 1. The van der Waals surface area contributed by atoms with E-state index in [1.165, 1.54) is 0 Å². The van der Waals surface area contributed by atoms with Crippen LogP contribution >= 0.6 is 0 Å². The van der Waals surface area contributed by atoms with E-state index >= 15 is 0 Å². The monoisotopic (exact) mass is 213 g/mol. The van der Waals surface area contributed by atoms with E-state index < -0.39 is 0 Å². The van der Waals surface area contributed by atoms with Crippen molar-refractivity contribution in [3.8, 4) is 0 Å². The van der Waals surface area contributed by atoms with Gasteiger partial charge in [-0.1, -0.05) is 0 Å². The number of carbonyl (C=O) groups is 1. The topological polar surface area (TPSA) is 44.4 Å². The third-order valence-electron chi connectivity index (χ3n) is 2.73. The molecule has 1 fully saturated rings. The number of hydrogen-bond acceptors (Lipinski definition) is 3. The molecule has 0 radical (unpaired) electrons. The van der Waals surface area contributed by atoms with E-state index in [-0.39, 0.29) is 18.0 Å². The summed E-state index contributed by atoms with van der Waals surface area (Å²) in [6.07, 6.45) is 1.12. The van der Waals surface area contributed by atoms with Crippen molar-refractivity contribution in [1.82, 2.24) is 15.5 Å². The van der Waals surface area contributed by atoms with Crippen molar-refractivity contribution < 1.29 is 4.79 Å². The van der Waals surface area contributed by atoms with Gasteiger partial charge in [-0.25, -0.2) is 0 Å². The molecule has 1 rings (SSSR count). The number of nitrogens with one attached hydrogen (secondary N) is 2. The van der Waals surface area contributed by atoms with Crippen molar-refractivity contribution in [2.75, 3.05) is 26.2 Å². The molecule has 0 aromatic rings. The zero-order valence-electron chi connectivity index (χ0n) is 10.0. The first-order chi connectivity index (χ1) is 7.11. The first-order valence-electron chi connectivity index (χ1n) is 5.86. The van der Waals surface area contributed by atoms with Crippen molar-refractivity contribution in [3.63, 3.8) is 0 Å². The molecule has 0 saturated carbocycles. The van der Waals surface area contributed by atoms with Gasteiger partial charge in [0.25, 0.3) is 0 Å². The molecule has 1 unspecified atom stereocenters. The van der Waals surface area contributed by atoms with Crippen LogP contribution in [0.2, 0.25) is 0 Å². The van der Waals surface area contributed by atoms with E-state index in [1.807, 2.05) is 20.8 Å². The lowest BCUT2D eigenvalue weighted by Gasteiger charge is -2.27. The fourth-order valence-corrected chi connectivity index (χ4v) is 1.82. The molecule has 4 heteroatoms. The summed E-state index contributed by atoms with van der Waals surface area (Å²) in [5, 5.41) is 6.30. The normalized spacial score (nSPS) is 21.1. The largest absolute Gasteiger partial charge is 0.353 e. The van der Waals surface area contributed by atoms with Gasteiger partial charge in [0.15, 0.2) is 0 Å². The fourth-order valence-electron chi connectivity index (χ4n) is 1.82. The Labute approximate surface area is 92.4 Å². The van der Waals surface area contributed by atoms with Crippen LogP contribution < -0.4 is 10.6 Å². The molecule has 0 aliphatic carbocycles. The molecule has 1 saturated heterocycles. The van der Waals surface area contributed by atoms with Crippen LogP contribution in [0.15, 0.2) is 0 Å². The van der Waals surface area contributed by atoms with E-state index in [0.29, 0.717) is 0 Å². The molecule has 4 nitrogen and oxygen atoms in total. The molecule has 1 atom stereocenters. The first-order valence-corrected chi connectivity index (χ1v) is 5.86. The lowest BCUT2D eigenvalue weighted by atomic mass is 10.2. The van der Waals surface area contributed by atoms with Crippen LogP contribution in [0.4, 0.5) is 0 Å². The second-order valence-electron chi connectivity index (χ2n) is 4.48. The molecule has 1 heterocycles. The van der Waals surface area contributed by atoms with Crippen LogP contribution in [0.5, 0.6) is 0 Å². The predicted octanol–water partition coefficient (Wildman–Crippen LogP) is 0.195. The van der Waals surface area contributed by atoms with Crippen LogP contribution in [0, 0.1) is 0 Å². The Morgan fingerprint density at radius 2 is 2.00 bits per heavy atom. The van der Waals surface area contributed by atoms with E-state index in [1.54, 1.807) is 0 Å². The Balaban J connectivity index is 2.42. The fraction of sp³-hybridized carbons (Fsp3) is 0.909. The molecule has 15 heavy (non-hydrogen) atoms. The van der Waals surface area contributed by atoms with Gasteiger partial charge in [0, 0.05) is 25.7 Å². The maximum atomic E-state index is 11.8. The standard InChI is InChI=1S/C11H23N3O/c1-9(2)13-11(15)10(3)14-7-4-5-12-6-8-14/h9-10,12H,4-8H2,1-3H3,(H,13,15). The maximum Gasteiger partial charge on any atom is 0.237 e. The Bertz CT molecular complexity index is 198. The Morgan fingerprint density at radius 3 is 2.67 bits per heavy atom. The summed E-state index contributed by atoms with van der Waals surface area (Å²) < 4.78 is 0. The molecule has 0 spiro atoms. The highest BCUT2D eigenvalue weighted by atomic mass is 16.2. The summed E-state index contributed by atoms with van der Waals surface area (Å²) in [6.45, 7) is 10.0. The Hall–Kier alpha value is -0.610. The van der Waals surface area contributed by atoms with Crippen molar-refractivity contribution >= 4 is 5.91 Å². The quantitative estimate of drug-likeness (QED) is 0.703. The van der Waals surface area contributed by atoms with E-state index in [9.17, 15) is 4.79 Å². The lowest BCUT2D eigenvalue weighted by molar-refractivity contribution is -0.126. The number of hydrogen-bond donors (Lipinski definition) is 2. The number of amides is 1. The van der Waals surface area contributed by atoms with Crippen LogP contribution in [0.3, 0.4) is 0 Å². The first kappa shape index (κ1) is 12.5. The lowest BCUT2D eigenvalue weighted by Crippen LogP contribution is -2.48. The van der Waals surface area contributed by atoms with Crippen molar-refractivity contribution in [3.05, 3.63) is 0 Å². The SMILES string of the molecule is CC(C)NC(=O)C(C)N1CCCNCC1. The van der Waals surface area contributed by atoms with Crippen molar-refractivity contribution in [2.24, 2.45) is 0 Å². The third-order valence-corrected chi connectivity index (χ3v) is 2.73. The average Bonchev–Trinajstić information content (AvgIpc) is 2.43. The van der Waals surface area contributed by atoms with Gasteiger partial charge in [0.05, 0.1) is 6.04 Å². The van der Waals surface area contributed by atoms with Gasteiger partial charge in [-0.15, -0.1) is 0 Å². The maximum absolute atomic E-state index is 11.8. The van der Waals surface area contributed by atoms with Gasteiger partial charge in [-0.2, -0.15) is 0 Å². The second kappa shape index (κ2) is 6.08. The molecule has 1 aliphatic heterocycles. The molecule has 0 bridgehead atoms. The molecular formula is C11H23N3O. The zero-order chi connectivity index (χ0) is 11.3. The molecule has 0 aromatic carbocycles. The molecule has 2 N–H and O–H groups in total. The minimum atomic E-state index is -0.00713. The van der Waals surface area contributed by atoms with Crippen molar-refractivity contribution in [1.29, 1.82) is 0 Å². The minimum Gasteiger partial charge on any atom is -0.353 e. The van der Waals surface area contributed by atoms with Gasteiger partial charge in [0.2, 0.25) is 5.91 Å². The van der Waals surface area contributed by atoms with Crippen LogP contribution in [-0.2, 0) is 4.79 Å². The summed E-state index contributed by atoms with van der Waals surface area (Å²) >= 11 is 0. The van der Waals surface area contributed by atoms with E-state index in [4.69, 9.17) is 0 Å². The number of rotatable bonds is 3. The van der Waals surface area contributed by atoms with Gasteiger partial charge in [-0.05, 0) is 33.7 Å². The molecule has 0 aromatic heterocycles. The van der Waals surface area contributed by atoms with E-state index in [2.05, 4.69) is 15.5 Å². The Morgan fingerprint density at radius 1 is 1.27 bits per heavy atom. The third kappa shape index (κ3) is 4.18. The minimum absolute atomic E-state index is 0.00713. The highest BCUT2D eigenvalue weighted by Gasteiger charge is 2.21. The summed E-state index contributed by atoms with van der Waals surface area (Å²) in [6, 6.07) is 0.220. The van der Waals surface area contributed by atoms with Crippen molar-refractivity contribution in [2.45, 2.75) is 39.3 Å². The van der Waals surface area contributed by atoms with Crippen LogP contribution in [-0.4, -0.2) is 49.1 Å². The molecule has 88 valence electrons. The summed E-state index contributed by atoms with van der Waals surface area (Å²) in [5.41, 5.74) is 0. The summed E-state index contributed by atoms with van der Waals surface area (Å²) in [5.74, 6) is 0.145. The van der Waals surface area contributed by atoms with Gasteiger partial charge in [-0.3, -0.25) is 9.69 Å². The summed E-state index contributed by atoms with van der Waals surface area (Å²) in [7, 11) is 0.